The lowest BCUT2D eigenvalue weighted by molar-refractivity contribution is 0.421. The van der Waals surface area contributed by atoms with Crippen molar-refractivity contribution < 1.29 is 0 Å². The van der Waals surface area contributed by atoms with Crippen molar-refractivity contribution >= 4 is 11.0 Å². The smallest absolute Gasteiger partial charge is 0.141 e. The number of hydrogen-bond donors (Lipinski definition) is 2. The summed E-state index contributed by atoms with van der Waals surface area (Å²) in [6.07, 6.45) is 6.62. The SMILES string of the molecule is NCCC1(c2cccc(-c3ncnc4[nH]ccc34)c2)Cc2ccccc2C1. The highest BCUT2D eigenvalue weighted by Crippen LogP contribution is 2.43. The minimum absolute atomic E-state index is 0.0682. The van der Waals surface area contributed by atoms with Crippen LogP contribution >= 0.6 is 0 Å². The van der Waals surface area contributed by atoms with Crippen molar-refractivity contribution in [1.29, 1.82) is 0 Å². The number of nitrogens with zero attached hydrogens (tertiary/aromatic N) is 2. The number of rotatable bonds is 4. The summed E-state index contributed by atoms with van der Waals surface area (Å²) in [4.78, 5) is 12.1. The second-order valence-corrected chi connectivity index (χ2v) is 7.48. The standard InChI is InChI=1S/C23H22N4/c24-10-9-23(13-17-4-1-2-5-18(17)14-23)19-7-3-6-16(12-19)21-20-8-11-25-22(20)27-15-26-21/h1-8,11-12,15H,9-10,13-14,24H2,(H,25,26,27). The fraction of sp³-hybridized carbons (Fsp3) is 0.217. The fourth-order valence-corrected chi connectivity index (χ4v) is 4.59. The number of hydrogen-bond acceptors (Lipinski definition) is 3. The van der Waals surface area contributed by atoms with Crippen LogP contribution in [0.2, 0.25) is 0 Å². The van der Waals surface area contributed by atoms with Crippen LogP contribution in [0.15, 0.2) is 67.1 Å². The largest absolute Gasteiger partial charge is 0.346 e. The second kappa shape index (κ2) is 6.32. The summed E-state index contributed by atoms with van der Waals surface area (Å²) in [5.41, 5.74) is 13.3. The number of aromatic nitrogens is 3. The maximum absolute atomic E-state index is 6.05. The molecule has 2 aromatic heterocycles. The Morgan fingerprint density at radius 3 is 2.56 bits per heavy atom. The maximum Gasteiger partial charge on any atom is 0.141 e. The molecule has 4 aromatic rings. The van der Waals surface area contributed by atoms with E-state index in [0.717, 1.165) is 41.6 Å². The number of H-pyrrole nitrogens is 1. The summed E-state index contributed by atoms with van der Waals surface area (Å²) in [6, 6.07) is 19.7. The molecule has 134 valence electrons. The molecule has 27 heavy (non-hydrogen) atoms. The van der Waals surface area contributed by atoms with Gasteiger partial charge in [0.05, 0.1) is 5.69 Å². The maximum atomic E-state index is 6.05. The van der Waals surface area contributed by atoms with Crippen molar-refractivity contribution in [1.82, 2.24) is 15.0 Å². The van der Waals surface area contributed by atoms with Crippen LogP contribution < -0.4 is 5.73 Å². The third-order valence-corrected chi connectivity index (χ3v) is 5.90. The predicted molar refractivity (Wildman–Crippen MR) is 109 cm³/mol. The van der Waals surface area contributed by atoms with Crippen molar-refractivity contribution in [3.63, 3.8) is 0 Å². The van der Waals surface area contributed by atoms with E-state index in [1.807, 2.05) is 12.3 Å². The molecule has 0 atom stereocenters. The lowest BCUT2D eigenvalue weighted by atomic mass is 9.74. The molecule has 0 aliphatic heterocycles. The van der Waals surface area contributed by atoms with Gasteiger partial charge in [0, 0.05) is 22.6 Å². The summed E-state index contributed by atoms with van der Waals surface area (Å²) in [5, 5.41) is 1.05. The minimum Gasteiger partial charge on any atom is -0.346 e. The summed E-state index contributed by atoms with van der Waals surface area (Å²) >= 11 is 0. The van der Waals surface area contributed by atoms with Crippen molar-refractivity contribution in [2.24, 2.45) is 5.73 Å². The van der Waals surface area contributed by atoms with Gasteiger partial charge in [-0.2, -0.15) is 0 Å². The Kier molecular flexibility index (Phi) is 3.80. The van der Waals surface area contributed by atoms with Gasteiger partial charge >= 0.3 is 0 Å². The van der Waals surface area contributed by atoms with Crippen LogP contribution in [0, 0.1) is 0 Å². The average molecular weight is 354 g/mol. The quantitative estimate of drug-likeness (QED) is 0.582. The topological polar surface area (TPSA) is 67.6 Å². The van der Waals surface area contributed by atoms with Crippen LogP contribution in [0.5, 0.6) is 0 Å². The number of fused-ring (bicyclic) bond motifs is 2. The molecule has 0 fully saturated rings. The molecule has 0 unspecified atom stereocenters. The third kappa shape index (κ3) is 2.64. The van der Waals surface area contributed by atoms with E-state index in [0.29, 0.717) is 6.54 Å². The number of nitrogens with one attached hydrogen (secondary N) is 1. The first kappa shape index (κ1) is 16.2. The van der Waals surface area contributed by atoms with Gasteiger partial charge in [0.1, 0.15) is 12.0 Å². The summed E-state index contributed by atoms with van der Waals surface area (Å²) < 4.78 is 0. The molecular weight excluding hydrogens is 332 g/mol. The van der Waals surface area contributed by atoms with Crippen LogP contribution in [0.3, 0.4) is 0 Å². The molecule has 5 rings (SSSR count). The van der Waals surface area contributed by atoms with Crippen LogP contribution in [0.25, 0.3) is 22.3 Å². The number of nitrogens with two attached hydrogens (primary N) is 1. The van der Waals surface area contributed by atoms with Crippen LogP contribution in [0.1, 0.15) is 23.1 Å². The Hall–Kier alpha value is -2.98. The zero-order chi connectivity index (χ0) is 18.3. The van der Waals surface area contributed by atoms with E-state index >= 15 is 0 Å². The van der Waals surface area contributed by atoms with Gasteiger partial charge in [0.25, 0.3) is 0 Å². The molecule has 0 bridgehead atoms. The molecule has 1 aliphatic carbocycles. The highest BCUT2D eigenvalue weighted by Gasteiger charge is 2.38. The van der Waals surface area contributed by atoms with Crippen LogP contribution in [0.4, 0.5) is 0 Å². The molecular formula is C23H22N4. The van der Waals surface area contributed by atoms with E-state index in [1.54, 1.807) is 6.33 Å². The van der Waals surface area contributed by atoms with E-state index in [4.69, 9.17) is 5.73 Å². The first-order valence-corrected chi connectivity index (χ1v) is 9.45. The van der Waals surface area contributed by atoms with Crippen molar-refractivity contribution in [2.75, 3.05) is 6.54 Å². The summed E-state index contributed by atoms with van der Waals surface area (Å²) in [5.74, 6) is 0. The van der Waals surface area contributed by atoms with Crippen LogP contribution in [-0.4, -0.2) is 21.5 Å². The predicted octanol–water partition coefficient (Wildman–Crippen LogP) is 4.01. The monoisotopic (exact) mass is 354 g/mol. The number of aromatic amines is 1. The second-order valence-electron chi connectivity index (χ2n) is 7.48. The Morgan fingerprint density at radius 1 is 0.963 bits per heavy atom. The van der Waals surface area contributed by atoms with Gasteiger partial charge < -0.3 is 10.7 Å². The third-order valence-electron chi connectivity index (χ3n) is 5.90. The molecule has 4 heteroatoms. The zero-order valence-electron chi connectivity index (χ0n) is 15.2. The lowest BCUT2D eigenvalue weighted by Crippen LogP contribution is -2.30. The van der Waals surface area contributed by atoms with E-state index in [9.17, 15) is 0 Å². The van der Waals surface area contributed by atoms with Crippen molar-refractivity contribution in [2.45, 2.75) is 24.7 Å². The van der Waals surface area contributed by atoms with E-state index < -0.39 is 0 Å². The van der Waals surface area contributed by atoms with Crippen molar-refractivity contribution in [3.8, 4) is 11.3 Å². The summed E-state index contributed by atoms with van der Waals surface area (Å²) in [7, 11) is 0. The summed E-state index contributed by atoms with van der Waals surface area (Å²) in [6.45, 7) is 0.688. The van der Waals surface area contributed by atoms with Gasteiger partial charge in [-0.05, 0) is 54.6 Å². The fourth-order valence-electron chi connectivity index (χ4n) is 4.59. The molecule has 0 amide bonds. The van der Waals surface area contributed by atoms with Gasteiger partial charge in [-0.1, -0.05) is 42.5 Å². The van der Waals surface area contributed by atoms with E-state index in [1.165, 1.54) is 16.7 Å². The van der Waals surface area contributed by atoms with Crippen LogP contribution in [-0.2, 0) is 18.3 Å². The molecule has 2 heterocycles. The molecule has 1 aliphatic rings. The first-order valence-electron chi connectivity index (χ1n) is 9.45. The number of benzene rings is 2. The Balaban J connectivity index is 1.61. The zero-order valence-corrected chi connectivity index (χ0v) is 15.2. The molecule has 0 saturated carbocycles. The molecule has 0 spiro atoms. The highest BCUT2D eigenvalue weighted by molar-refractivity contribution is 5.90. The average Bonchev–Trinajstić information content (AvgIpc) is 3.33. The van der Waals surface area contributed by atoms with E-state index in [-0.39, 0.29) is 5.41 Å². The minimum atomic E-state index is 0.0682. The Labute approximate surface area is 158 Å². The molecule has 4 nitrogen and oxygen atoms in total. The molecule has 2 aromatic carbocycles. The molecule has 0 saturated heterocycles. The Morgan fingerprint density at radius 2 is 1.78 bits per heavy atom. The van der Waals surface area contributed by atoms with Gasteiger partial charge in [0.15, 0.2) is 0 Å². The van der Waals surface area contributed by atoms with Gasteiger partial charge in [-0.3, -0.25) is 0 Å². The lowest BCUT2D eigenvalue weighted by Gasteiger charge is -2.30. The van der Waals surface area contributed by atoms with Gasteiger partial charge in [-0.15, -0.1) is 0 Å². The first-order chi connectivity index (χ1) is 13.3. The normalized spacial score (nSPS) is 15.1. The molecule has 0 radical (unpaired) electrons. The van der Waals surface area contributed by atoms with Gasteiger partial charge in [-0.25, -0.2) is 9.97 Å². The molecule has 3 N–H and O–H groups in total. The van der Waals surface area contributed by atoms with E-state index in [2.05, 4.69) is 63.5 Å². The Bertz CT molecular complexity index is 1090. The highest BCUT2D eigenvalue weighted by atomic mass is 14.9. The van der Waals surface area contributed by atoms with Gasteiger partial charge in [0.2, 0.25) is 0 Å². The van der Waals surface area contributed by atoms with Crippen molar-refractivity contribution in [3.05, 3.63) is 83.8 Å².